The number of alkyl carbamates (subject to hydrolysis) is 1. The van der Waals surface area contributed by atoms with Crippen molar-refractivity contribution in [2.45, 2.75) is 37.3 Å². The van der Waals surface area contributed by atoms with Crippen molar-refractivity contribution in [3.05, 3.63) is 88.4 Å². The van der Waals surface area contributed by atoms with Crippen LogP contribution in [0.5, 0.6) is 0 Å². The van der Waals surface area contributed by atoms with Crippen LogP contribution in [0.25, 0.3) is 0 Å². The van der Waals surface area contributed by atoms with Gasteiger partial charge in [-0.05, 0) is 68.3 Å². The third-order valence-electron chi connectivity index (χ3n) is 5.20. The molecule has 1 aliphatic heterocycles. The number of carbonyl (C=O) groups is 2. The van der Waals surface area contributed by atoms with Crippen LogP contribution >= 0.6 is 15.9 Å². The first-order valence-electron chi connectivity index (χ1n) is 11.2. The van der Waals surface area contributed by atoms with Gasteiger partial charge in [-0.3, -0.25) is 0 Å². The molecule has 0 aromatic heterocycles. The minimum atomic E-state index is -3.92. The Labute approximate surface area is 220 Å². The van der Waals surface area contributed by atoms with Gasteiger partial charge in [0.2, 0.25) is 10.0 Å². The Morgan fingerprint density at radius 2 is 1.75 bits per heavy atom. The number of nitrogens with one attached hydrogen (secondary N) is 1. The van der Waals surface area contributed by atoms with Gasteiger partial charge in [0.15, 0.2) is 0 Å². The Morgan fingerprint density at radius 1 is 1.11 bits per heavy atom. The zero-order valence-corrected chi connectivity index (χ0v) is 22.8. The molecule has 2 aromatic carbocycles. The maximum atomic E-state index is 13.5. The topological polar surface area (TPSA) is 102 Å². The molecule has 1 heterocycles. The van der Waals surface area contributed by atoms with E-state index in [1.54, 1.807) is 69.3 Å². The number of benzene rings is 2. The van der Waals surface area contributed by atoms with Crippen LogP contribution in [0.1, 0.15) is 31.1 Å². The molecule has 8 nitrogen and oxygen atoms in total. The lowest BCUT2D eigenvalue weighted by Gasteiger charge is -2.24. The second kappa shape index (κ2) is 11.4. The predicted molar refractivity (Wildman–Crippen MR) is 140 cm³/mol. The number of esters is 1. The van der Waals surface area contributed by atoms with Gasteiger partial charge in [-0.25, -0.2) is 18.0 Å². The third kappa shape index (κ3) is 7.28. The molecule has 0 saturated heterocycles. The number of hydrogen-bond acceptors (Lipinski definition) is 6. The highest BCUT2D eigenvalue weighted by atomic mass is 79.9. The van der Waals surface area contributed by atoms with Gasteiger partial charge in [-0.1, -0.05) is 46.8 Å². The van der Waals surface area contributed by atoms with E-state index in [0.29, 0.717) is 16.7 Å². The van der Waals surface area contributed by atoms with Crippen molar-refractivity contribution in [3.63, 3.8) is 0 Å². The first-order chi connectivity index (χ1) is 16.9. The van der Waals surface area contributed by atoms with Crippen LogP contribution < -0.4 is 5.32 Å². The smallest absolute Gasteiger partial charge is 0.407 e. The molecule has 1 unspecified atom stereocenters. The van der Waals surface area contributed by atoms with Crippen LogP contribution in [0.3, 0.4) is 0 Å². The number of rotatable bonds is 8. The maximum absolute atomic E-state index is 13.5. The van der Waals surface area contributed by atoms with E-state index in [9.17, 15) is 18.0 Å². The van der Waals surface area contributed by atoms with Gasteiger partial charge in [0.1, 0.15) is 12.2 Å². The lowest BCUT2D eigenvalue weighted by molar-refractivity contribution is 0.0459. The molecule has 192 valence electrons. The van der Waals surface area contributed by atoms with E-state index in [1.165, 1.54) is 16.4 Å². The fraction of sp³-hybridized carbons (Fsp3) is 0.308. The van der Waals surface area contributed by atoms with E-state index in [4.69, 9.17) is 9.47 Å². The van der Waals surface area contributed by atoms with Crippen molar-refractivity contribution in [1.29, 1.82) is 0 Å². The van der Waals surface area contributed by atoms with Crippen molar-refractivity contribution in [2.75, 3.05) is 19.7 Å². The fourth-order valence-corrected chi connectivity index (χ4v) is 5.25. The average Bonchev–Trinajstić information content (AvgIpc) is 3.26. The van der Waals surface area contributed by atoms with Crippen molar-refractivity contribution in [3.8, 4) is 0 Å². The summed E-state index contributed by atoms with van der Waals surface area (Å²) in [5, 5.41) is 2.63. The first-order valence-corrected chi connectivity index (χ1v) is 13.5. The van der Waals surface area contributed by atoms with Gasteiger partial charge < -0.3 is 14.8 Å². The van der Waals surface area contributed by atoms with Crippen LogP contribution in [0, 0.1) is 0 Å². The molecule has 2 aromatic rings. The molecule has 0 saturated carbocycles. The highest BCUT2D eigenvalue weighted by Crippen LogP contribution is 2.29. The van der Waals surface area contributed by atoms with Crippen molar-refractivity contribution < 1.29 is 27.5 Å². The van der Waals surface area contributed by atoms with Crippen molar-refractivity contribution in [1.82, 2.24) is 9.62 Å². The molecule has 36 heavy (non-hydrogen) atoms. The molecular weight excluding hydrogens is 548 g/mol. The second-order valence-corrected chi connectivity index (χ2v) is 12.0. The highest BCUT2D eigenvalue weighted by molar-refractivity contribution is 9.10. The number of halogens is 1. The van der Waals surface area contributed by atoms with Gasteiger partial charge in [-0.2, -0.15) is 4.31 Å². The van der Waals surface area contributed by atoms with E-state index in [2.05, 4.69) is 27.8 Å². The standard InChI is InChI=1S/C26H29BrN2O6S/c1-18(15-28-25(31)35-26(2,3)4)20-14-22(17-34-24(30)19-8-6-5-7-9-19)29(16-20)36(32,33)23-12-10-21(27)11-13-23/h5-14,22H,1,15-17H2,2-4H3,(H,28,31). The molecule has 10 heteroatoms. The van der Waals surface area contributed by atoms with Gasteiger partial charge >= 0.3 is 12.1 Å². The van der Waals surface area contributed by atoms with Gasteiger partial charge in [0, 0.05) is 17.6 Å². The summed E-state index contributed by atoms with van der Waals surface area (Å²) in [4.78, 5) is 24.6. The third-order valence-corrected chi connectivity index (χ3v) is 7.62. The predicted octanol–water partition coefficient (Wildman–Crippen LogP) is 4.69. The lowest BCUT2D eigenvalue weighted by Crippen LogP contribution is -2.39. The number of carbonyl (C=O) groups excluding carboxylic acids is 2. The molecule has 0 spiro atoms. The summed E-state index contributed by atoms with van der Waals surface area (Å²) in [6, 6.07) is 14.0. The Bertz CT molecular complexity index is 1250. The van der Waals surface area contributed by atoms with Gasteiger partial charge in [-0.15, -0.1) is 0 Å². The molecule has 3 rings (SSSR count). The Balaban J connectivity index is 1.78. The molecule has 1 amide bonds. The van der Waals surface area contributed by atoms with Crippen LogP contribution in [0.15, 0.2) is 87.8 Å². The minimum Gasteiger partial charge on any atom is -0.460 e. The summed E-state index contributed by atoms with van der Waals surface area (Å²) in [6.45, 7) is 9.19. The number of hydrogen-bond donors (Lipinski definition) is 1. The molecule has 0 radical (unpaired) electrons. The van der Waals surface area contributed by atoms with Gasteiger partial charge in [0.25, 0.3) is 0 Å². The zero-order valence-electron chi connectivity index (χ0n) is 20.4. The largest absolute Gasteiger partial charge is 0.460 e. The lowest BCUT2D eigenvalue weighted by atomic mass is 10.1. The highest BCUT2D eigenvalue weighted by Gasteiger charge is 2.37. The monoisotopic (exact) mass is 576 g/mol. The summed E-state index contributed by atoms with van der Waals surface area (Å²) in [6.07, 6.45) is 1.10. The molecule has 0 aliphatic carbocycles. The number of amides is 1. The number of nitrogens with zero attached hydrogens (tertiary/aromatic N) is 1. The van der Waals surface area contributed by atoms with E-state index >= 15 is 0 Å². The van der Waals surface area contributed by atoms with Gasteiger partial charge in [0.05, 0.1) is 16.5 Å². The van der Waals surface area contributed by atoms with E-state index in [-0.39, 0.29) is 24.6 Å². The fourth-order valence-electron chi connectivity index (χ4n) is 3.44. The Morgan fingerprint density at radius 3 is 2.36 bits per heavy atom. The molecule has 1 aliphatic rings. The van der Waals surface area contributed by atoms with Crippen LogP contribution in [0.4, 0.5) is 4.79 Å². The first kappa shape index (κ1) is 27.6. The molecule has 1 N–H and O–H groups in total. The maximum Gasteiger partial charge on any atom is 0.407 e. The van der Waals surface area contributed by atoms with E-state index < -0.39 is 33.7 Å². The summed E-state index contributed by atoms with van der Waals surface area (Å²) < 4.78 is 39.7. The molecule has 0 fully saturated rings. The summed E-state index contributed by atoms with van der Waals surface area (Å²) in [5.74, 6) is -0.552. The van der Waals surface area contributed by atoms with Crippen molar-refractivity contribution in [2.24, 2.45) is 0 Å². The van der Waals surface area contributed by atoms with Crippen LogP contribution in [-0.2, 0) is 19.5 Å². The molecule has 1 atom stereocenters. The average molecular weight is 577 g/mol. The van der Waals surface area contributed by atoms with Crippen LogP contribution in [0.2, 0.25) is 0 Å². The SMILES string of the molecule is C=C(CNC(=O)OC(C)(C)C)C1=CC(COC(=O)c2ccccc2)N(S(=O)(=O)c2ccc(Br)cc2)C1. The zero-order chi connectivity index (χ0) is 26.5. The normalized spacial score (nSPS) is 16.2. The summed E-state index contributed by atoms with van der Waals surface area (Å²) in [7, 11) is -3.92. The van der Waals surface area contributed by atoms with E-state index in [0.717, 1.165) is 4.47 Å². The quantitative estimate of drug-likeness (QED) is 0.457. The Kier molecular flexibility index (Phi) is 8.76. The van der Waals surface area contributed by atoms with Crippen LogP contribution in [-0.4, -0.2) is 56.1 Å². The second-order valence-electron chi connectivity index (χ2n) is 9.19. The van der Waals surface area contributed by atoms with Crippen molar-refractivity contribution >= 4 is 38.0 Å². The molecular formula is C26H29BrN2O6S. The summed E-state index contributed by atoms with van der Waals surface area (Å²) >= 11 is 3.31. The number of ether oxygens (including phenoxy) is 2. The molecule has 0 bridgehead atoms. The Hall–Kier alpha value is -2.95. The van der Waals surface area contributed by atoms with E-state index in [1.807, 2.05) is 0 Å². The summed E-state index contributed by atoms with van der Waals surface area (Å²) in [5.41, 5.74) is 0.857. The minimum absolute atomic E-state index is 0.0147. The number of sulfonamides is 1.